The quantitative estimate of drug-likeness (QED) is 0.258. The number of carbonyl (C=O) groups excluding carboxylic acids is 1. The zero-order valence-electron chi connectivity index (χ0n) is 16.3. The number of carbonyl (C=O) groups is 1. The maximum atomic E-state index is 13.1. The van der Waals surface area contributed by atoms with E-state index < -0.39 is 5.41 Å². The Morgan fingerprint density at radius 3 is 1.54 bits per heavy atom. The first-order valence-electron chi connectivity index (χ1n) is 9.92. The van der Waals surface area contributed by atoms with Gasteiger partial charge in [0.1, 0.15) is 0 Å². The van der Waals surface area contributed by atoms with Gasteiger partial charge in [-0.25, -0.2) is 5.84 Å². The summed E-state index contributed by atoms with van der Waals surface area (Å²) in [4.78, 5) is 13.1. The van der Waals surface area contributed by atoms with E-state index in [1.54, 1.807) is 0 Å². The van der Waals surface area contributed by atoms with Crippen LogP contribution in [0.2, 0.25) is 0 Å². The summed E-state index contributed by atoms with van der Waals surface area (Å²) in [5.41, 5.74) is 5.11. The lowest BCUT2D eigenvalue weighted by Crippen LogP contribution is -2.48. The van der Waals surface area contributed by atoms with Crippen molar-refractivity contribution in [2.45, 2.75) is 31.6 Å². The molecule has 3 heteroatoms. The lowest BCUT2D eigenvalue weighted by atomic mass is 9.60. The Morgan fingerprint density at radius 2 is 1.21 bits per heavy atom. The van der Waals surface area contributed by atoms with Crippen LogP contribution in [0.25, 0.3) is 0 Å². The van der Waals surface area contributed by atoms with E-state index in [-0.39, 0.29) is 11.8 Å². The first kappa shape index (κ1) is 19.8. The number of nitrogens with one attached hydrogen (secondary N) is 1. The molecule has 1 amide bonds. The van der Waals surface area contributed by atoms with Crippen LogP contribution in [-0.4, -0.2) is 5.91 Å². The van der Waals surface area contributed by atoms with Crippen LogP contribution in [0.3, 0.4) is 0 Å². The average Bonchev–Trinajstić information content (AvgIpc) is 2.78. The first-order valence-corrected chi connectivity index (χ1v) is 9.92. The lowest BCUT2D eigenvalue weighted by molar-refractivity contribution is -0.126. The van der Waals surface area contributed by atoms with E-state index in [1.165, 1.54) is 0 Å². The third-order valence-electron chi connectivity index (χ3n) is 5.52. The average molecular weight is 373 g/mol. The highest BCUT2D eigenvalue weighted by Gasteiger charge is 2.46. The Hall–Kier alpha value is -2.91. The fourth-order valence-electron chi connectivity index (χ4n) is 4.26. The standard InChI is InChI=1S/C25H28N2O/c1-2-3-19-23(24(28)27-26)25(20-13-7-4-8-14-20,21-15-9-5-10-16-21)22-17-11-6-12-18-22/h4-18,23H,2-3,19,26H2,1H3,(H,27,28). The van der Waals surface area contributed by atoms with Gasteiger partial charge in [0.15, 0.2) is 0 Å². The third kappa shape index (κ3) is 3.71. The van der Waals surface area contributed by atoms with Crippen molar-refractivity contribution in [1.82, 2.24) is 5.43 Å². The van der Waals surface area contributed by atoms with E-state index in [4.69, 9.17) is 5.84 Å². The molecule has 0 heterocycles. The molecule has 0 aromatic heterocycles. The van der Waals surface area contributed by atoms with Crippen molar-refractivity contribution in [3.05, 3.63) is 108 Å². The molecule has 0 radical (unpaired) electrons. The van der Waals surface area contributed by atoms with E-state index in [1.807, 2.05) is 54.6 Å². The number of amides is 1. The zero-order valence-corrected chi connectivity index (χ0v) is 16.3. The molecule has 1 atom stereocenters. The van der Waals surface area contributed by atoms with Gasteiger partial charge < -0.3 is 0 Å². The number of hydrogen-bond donors (Lipinski definition) is 2. The Morgan fingerprint density at radius 1 is 0.821 bits per heavy atom. The van der Waals surface area contributed by atoms with E-state index in [9.17, 15) is 4.79 Å². The molecule has 3 nitrogen and oxygen atoms in total. The predicted octanol–water partition coefficient (Wildman–Crippen LogP) is 4.82. The highest BCUT2D eigenvalue weighted by Crippen LogP contribution is 2.47. The number of rotatable bonds is 8. The summed E-state index contributed by atoms with van der Waals surface area (Å²) >= 11 is 0. The molecule has 0 saturated carbocycles. The Labute approximate surface area is 167 Å². The van der Waals surface area contributed by atoms with Crippen LogP contribution in [0.5, 0.6) is 0 Å². The molecule has 0 aliphatic carbocycles. The largest absolute Gasteiger partial charge is 0.294 e. The van der Waals surface area contributed by atoms with Crippen molar-refractivity contribution in [3.63, 3.8) is 0 Å². The maximum Gasteiger partial charge on any atom is 0.238 e. The van der Waals surface area contributed by atoms with Gasteiger partial charge in [-0.05, 0) is 23.1 Å². The van der Waals surface area contributed by atoms with Gasteiger partial charge in [-0.3, -0.25) is 10.2 Å². The summed E-state index contributed by atoms with van der Waals surface area (Å²) in [7, 11) is 0. The summed E-state index contributed by atoms with van der Waals surface area (Å²) in [6.07, 6.45) is 2.72. The normalized spacial score (nSPS) is 12.4. The van der Waals surface area contributed by atoms with E-state index in [0.29, 0.717) is 0 Å². The molecule has 0 saturated heterocycles. The fourth-order valence-corrected chi connectivity index (χ4v) is 4.26. The highest BCUT2D eigenvalue weighted by atomic mass is 16.2. The van der Waals surface area contributed by atoms with Crippen LogP contribution in [0.15, 0.2) is 91.0 Å². The van der Waals surface area contributed by atoms with E-state index in [0.717, 1.165) is 36.0 Å². The molecule has 0 bridgehead atoms. The monoisotopic (exact) mass is 372 g/mol. The zero-order chi connectivity index (χ0) is 19.8. The third-order valence-corrected chi connectivity index (χ3v) is 5.52. The van der Waals surface area contributed by atoms with Gasteiger partial charge in [-0.2, -0.15) is 0 Å². The summed E-state index contributed by atoms with van der Waals surface area (Å²) in [6.45, 7) is 2.15. The van der Waals surface area contributed by atoms with E-state index >= 15 is 0 Å². The SMILES string of the molecule is CCCCC(C(=O)NN)C(c1ccccc1)(c1ccccc1)c1ccccc1. The van der Waals surface area contributed by atoms with Gasteiger partial charge in [-0.15, -0.1) is 0 Å². The fraction of sp³-hybridized carbons (Fsp3) is 0.240. The first-order chi connectivity index (χ1) is 13.7. The molecule has 0 aliphatic rings. The molecule has 1 unspecified atom stereocenters. The van der Waals surface area contributed by atoms with Gasteiger partial charge >= 0.3 is 0 Å². The van der Waals surface area contributed by atoms with Crippen LogP contribution in [0, 0.1) is 5.92 Å². The number of unbranched alkanes of at least 4 members (excludes halogenated alkanes) is 1. The molecule has 0 aliphatic heterocycles. The van der Waals surface area contributed by atoms with Gasteiger partial charge in [0.25, 0.3) is 0 Å². The smallest absolute Gasteiger partial charge is 0.238 e. The molecule has 3 aromatic rings. The molecular weight excluding hydrogens is 344 g/mol. The Balaban J connectivity index is 2.37. The number of nitrogens with two attached hydrogens (primary N) is 1. The summed E-state index contributed by atoms with van der Waals surface area (Å²) in [6, 6.07) is 30.9. The van der Waals surface area contributed by atoms with Crippen LogP contribution < -0.4 is 11.3 Å². The number of benzene rings is 3. The van der Waals surface area contributed by atoms with Crippen molar-refractivity contribution >= 4 is 5.91 Å². The molecule has 28 heavy (non-hydrogen) atoms. The topological polar surface area (TPSA) is 55.1 Å². The molecule has 0 fully saturated rings. The second kappa shape index (κ2) is 9.34. The number of hydrazine groups is 1. The van der Waals surface area contributed by atoms with Gasteiger partial charge in [0.2, 0.25) is 5.91 Å². The van der Waals surface area contributed by atoms with Crippen LogP contribution in [0.1, 0.15) is 42.9 Å². The summed E-state index contributed by atoms with van der Waals surface area (Å²) < 4.78 is 0. The summed E-state index contributed by atoms with van der Waals surface area (Å²) in [5.74, 6) is 5.21. The Kier molecular flexibility index (Phi) is 6.62. The van der Waals surface area contributed by atoms with Crippen LogP contribution >= 0.6 is 0 Å². The maximum absolute atomic E-state index is 13.1. The highest BCUT2D eigenvalue weighted by molar-refractivity contribution is 5.82. The van der Waals surface area contributed by atoms with Crippen molar-refractivity contribution in [2.75, 3.05) is 0 Å². The second-order valence-electron chi connectivity index (χ2n) is 7.11. The molecular formula is C25H28N2O. The molecule has 144 valence electrons. The van der Waals surface area contributed by atoms with Crippen molar-refractivity contribution in [1.29, 1.82) is 0 Å². The van der Waals surface area contributed by atoms with Crippen LogP contribution in [-0.2, 0) is 10.2 Å². The lowest BCUT2D eigenvalue weighted by Gasteiger charge is -2.42. The minimum absolute atomic E-state index is 0.134. The van der Waals surface area contributed by atoms with Gasteiger partial charge in [0.05, 0.1) is 11.3 Å². The van der Waals surface area contributed by atoms with Crippen molar-refractivity contribution in [3.8, 4) is 0 Å². The predicted molar refractivity (Wildman–Crippen MR) is 115 cm³/mol. The van der Waals surface area contributed by atoms with Crippen molar-refractivity contribution in [2.24, 2.45) is 11.8 Å². The van der Waals surface area contributed by atoms with Gasteiger partial charge in [-0.1, -0.05) is 111 Å². The minimum Gasteiger partial charge on any atom is -0.294 e. The molecule has 3 rings (SSSR count). The second-order valence-corrected chi connectivity index (χ2v) is 7.11. The minimum atomic E-state index is -0.623. The molecule has 3 aromatic carbocycles. The molecule has 0 spiro atoms. The number of hydrogen-bond acceptors (Lipinski definition) is 2. The molecule has 3 N–H and O–H groups in total. The Bertz CT molecular complexity index is 766. The van der Waals surface area contributed by atoms with Gasteiger partial charge in [0, 0.05) is 0 Å². The summed E-state index contributed by atoms with van der Waals surface area (Å²) in [5, 5.41) is 0. The van der Waals surface area contributed by atoms with E-state index in [2.05, 4.69) is 48.7 Å². The van der Waals surface area contributed by atoms with Crippen molar-refractivity contribution < 1.29 is 4.79 Å². The van der Waals surface area contributed by atoms with Crippen LogP contribution in [0.4, 0.5) is 0 Å².